The zero-order valence-corrected chi connectivity index (χ0v) is 14.5. The van der Waals surface area contributed by atoms with Crippen LogP contribution in [0.2, 0.25) is 10.0 Å². The number of benzene rings is 2. The molecule has 0 spiro atoms. The van der Waals surface area contributed by atoms with Crippen molar-refractivity contribution < 1.29 is 24.7 Å². The summed E-state index contributed by atoms with van der Waals surface area (Å²) in [5, 5.41) is 29.7. The topological polar surface area (TPSA) is 110 Å². The van der Waals surface area contributed by atoms with Crippen LogP contribution in [0.3, 0.4) is 0 Å². The first-order chi connectivity index (χ1) is 12.3. The molecule has 0 amide bonds. The van der Waals surface area contributed by atoms with E-state index in [9.17, 15) is 20.0 Å². The van der Waals surface area contributed by atoms with Crippen LogP contribution in [0, 0.1) is 22.0 Å². The van der Waals surface area contributed by atoms with E-state index in [1.807, 2.05) is 0 Å². The highest BCUT2D eigenvalue weighted by molar-refractivity contribution is 6.35. The Balaban J connectivity index is 2.57. The number of hydrogen-bond donors (Lipinski definition) is 2. The second-order valence-corrected chi connectivity index (χ2v) is 5.75. The number of ether oxygens (including phenoxy) is 1. The van der Waals surface area contributed by atoms with Gasteiger partial charge < -0.3 is 14.9 Å². The Morgan fingerprint density at radius 2 is 1.92 bits per heavy atom. The van der Waals surface area contributed by atoms with E-state index in [0.717, 1.165) is 12.1 Å². The van der Waals surface area contributed by atoms with Crippen LogP contribution < -0.4 is 4.74 Å². The van der Waals surface area contributed by atoms with Gasteiger partial charge in [0.25, 0.3) is 5.69 Å². The largest absolute Gasteiger partial charge is 0.477 e. The summed E-state index contributed by atoms with van der Waals surface area (Å²) in [6.45, 7) is -0.380. The van der Waals surface area contributed by atoms with E-state index < -0.39 is 22.1 Å². The van der Waals surface area contributed by atoms with Gasteiger partial charge >= 0.3 is 5.97 Å². The van der Waals surface area contributed by atoms with E-state index in [-0.39, 0.29) is 35.1 Å². The van der Waals surface area contributed by atoms with Crippen LogP contribution in [0.4, 0.5) is 5.69 Å². The first kappa shape index (κ1) is 19.5. The van der Waals surface area contributed by atoms with Gasteiger partial charge in [-0.2, -0.15) is 0 Å². The number of rotatable bonds is 5. The minimum absolute atomic E-state index is 0.00183. The van der Waals surface area contributed by atoms with Crippen molar-refractivity contribution >= 4 is 34.9 Å². The van der Waals surface area contributed by atoms with E-state index >= 15 is 0 Å². The number of nitro groups is 1. The zero-order chi connectivity index (χ0) is 19.3. The van der Waals surface area contributed by atoms with Crippen molar-refractivity contribution in [1.82, 2.24) is 0 Å². The van der Waals surface area contributed by atoms with Gasteiger partial charge in [-0.25, -0.2) is 4.79 Å². The molecule has 0 bridgehead atoms. The highest BCUT2D eigenvalue weighted by Crippen LogP contribution is 2.36. The van der Waals surface area contributed by atoms with Gasteiger partial charge in [-0.05, 0) is 18.2 Å². The number of carboxylic acid groups (broad SMARTS) is 1. The van der Waals surface area contributed by atoms with Gasteiger partial charge in [0.05, 0.1) is 9.95 Å². The Morgan fingerprint density at radius 3 is 2.50 bits per heavy atom. The Morgan fingerprint density at radius 1 is 1.19 bits per heavy atom. The smallest absolute Gasteiger partial charge is 0.342 e. The molecule has 0 aromatic heterocycles. The van der Waals surface area contributed by atoms with Crippen molar-refractivity contribution in [3.63, 3.8) is 0 Å². The molecule has 0 saturated heterocycles. The van der Waals surface area contributed by atoms with Gasteiger partial charge in [0, 0.05) is 29.1 Å². The second kappa shape index (κ2) is 8.54. The third-order valence-electron chi connectivity index (χ3n) is 3.20. The molecule has 0 heterocycles. The van der Waals surface area contributed by atoms with Crippen LogP contribution in [0.15, 0.2) is 30.3 Å². The Bertz CT molecular complexity index is 933. The van der Waals surface area contributed by atoms with Crippen LogP contribution in [0.1, 0.15) is 15.9 Å². The van der Waals surface area contributed by atoms with Gasteiger partial charge in [0.2, 0.25) is 0 Å². The maximum Gasteiger partial charge on any atom is 0.342 e. The molecule has 0 saturated carbocycles. The van der Waals surface area contributed by atoms with E-state index in [2.05, 4.69) is 11.8 Å². The highest BCUT2D eigenvalue weighted by Gasteiger charge is 2.24. The molecule has 0 radical (unpaired) electrons. The summed E-state index contributed by atoms with van der Waals surface area (Å²) in [6.07, 6.45) is 0.00183. The average Bonchev–Trinajstić information content (AvgIpc) is 2.57. The molecule has 26 heavy (non-hydrogen) atoms. The summed E-state index contributed by atoms with van der Waals surface area (Å²) in [6, 6.07) is 6.57. The Hall–Kier alpha value is -2.79. The fourth-order valence-electron chi connectivity index (χ4n) is 2.06. The molecule has 0 aliphatic heterocycles. The molecule has 0 aliphatic carbocycles. The fraction of sp³-hybridized carbons (Fsp3) is 0.118. The molecule has 134 valence electrons. The maximum atomic E-state index is 11.3. The number of carbonyl (C=O) groups is 1. The molecule has 2 aromatic carbocycles. The van der Waals surface area contributed by atoms with Gasteiger partial charge in [-0.3, -0.25) is 10.1 Å². The molecular formula is C17H11Cl2NO6. The molecule has 0 atom stereocenters. The van der Waals surface area contributed by atoms with Gasteiger partial charge in [0.15, 0.2) is 0 Å². The van der Waals surface area contributed by atoms with Crippen molar-refractivity contribution in [1.29, 1.82) is 0 Å². The molecule has 0 aliphatic rings. The zero-order valence-electron chi connectivity index (χ0n) is 13.0. The minimum atomic E-state index is -1.48. The predicted octanol–water partition coefficient (Wildman–Crippen LogP) is 3.93. The lowest BCUT2D eigenvalue weighted by molar-refractivity contribution is -0.385. The number of aliphatic hydroxyl groups is 1. The number of carboxylic acids is 1. The lowest BCUT2D eigenvalue weighted by atomic mass is 10.0. The van der Waals surface area contributed by atoms with Crippen molar-refractivity contribution in [2.75, 3.05) is 6.61 Å². The SMILES string of the molecule is O=C(O)c1cc(Oc2ccc(Cl)cc2Cl)c(CC#CCO)cc1[N+](=O)[O-]. The first-order valence-electron chi connectivity index (χ1n) is 7.07. The van der Waals surface area contributed by atoms with E-state index in [1.165, 1.54) is 18.2 Å². The predicted molar refractivity (Wildman–Crippen MR) is 95.2 cm³/mol. The van der Waals surface area contributed by atoms with Crippen LogP contribution >= 0.6 is 23.2 Å². The molecule has 2 N–H and O–H groups in total. The number of aromatic carboxylic acids is 1. The second-order valence-electron chi connectivity index (χ2n) is 4.90. The molecule has 2 rings (SSSR count). The number of nitrogens with zero attached hydrogens (tertiary/aromatic N) is 1. The van der Waals surface area contributed by atoms with E-state index in [1.54, 1.807) is 0 Å². The highest BCUT2D eigenvalue weighted by atomic mass is 35.5. The van der Waals surface area contributed by atoms with Gasteiger partial charge in [-0.15, -0.1) is 0 Å². The number of halogens is 2. The quantitative estimate of drug-likeness (QED) is 0.450. The summed E-state index contributed by atoms with van der Waals surface area (Å²) < 4.78 is 5.64. The lowest BCUT2D eigenvalue weighted by Crippen LogP contribution is -2.05. The normalized spacial score (nSPS) is 9.96. The molecule has 2 aromatic rings. The van der Waals surface area contributed by atoms with Crippen molar-refractivity contribution in [2.45, 2.75) is 6.42 Å². The number of nitro benzene ring substituents is 1. The standard InChI is InChI=1S/C17H11Cl2NO6/c18-11-4-5-15(13(19)8-11)26-16-9-12(17(22)23)14(20(24)25)7-10(16)3-1-2-6-21/h4-5,7-9,21H,3,6H2,(H,22,23). The molecule has 0 fully saturated rings. The number of aliphatic hydroxyl groups excluding tert-OH is 1. The molecule has 0 unspecified atom stereocenters. The fourth-order valence-corrected chi connectivity index (χ4v) is 2.50. The van der Waals surface area contributed by atoms with Crippen molar-refractivity contribution in [3.05, 3.63) is 61.6 Å². The van der Waals surface area contributed by atoms with Crippen LogP contribution in [-0.2, 0) is 6.42 Å². The summed E-state index contributed by atoms with van der Waals surface area (Å²) in [5.41, 5.74) is -0.851. The average molecular weight is 396 g/mol. The Labute approximate surface area is 157 Å². The maximum absolute atomic E-state index is 11.3. The van der Waals surface area contributed by atoms with E-state index in [0.29, 0.717) is 5.02 Å². The summed E-state index contributed by atoms with van der Waals surface area (Å²) in [7, 11) is 0. The minimum Gasteiger partial charge on any atom is -0.477 e. The van der Waals surface area contributed by atoms with Gasteiger partial charge in [0.1, 0.15) is 23.7 Å². The third kappa shape index (κ3) is 4.64. The summed E-state index contributed by atoms with van der Waals surface area (Å²) in [4.78, 5) is 21.7. The molecular weight excluding hydrogens is 385 g/mol. The van der Waals surface area contributed by atoms with Crippen molar-refractivity contribution in [3.8, 4) is 23.3 Å². The molecule has 9 heteroatoms. The monoisotopic (exact) mass is 395 g/mol. The third-order valence-corrected chi connectivity index (χ3v) is 3.73. The van der Waals surface area contributed by atoms with Crippen molar-refractivity contribution in [2.24, 2.45) is 0 Å². The summed E-state index contributed by atoms with van der Waals surface area (Å²) >= 11 is 11.9. The first-order valence-corrected chi connectivity index (χ1v) is 7.83. The number of hydrogen-bond acceptors (Lipinski definition) is 5. The molecule has 7 nitrogen and oxygen atoms in total. The Kier molecular flexibility index (Phi) is 6.41. The lowest BCUT2D eigenvalue weighted by Gasteiger charge is -2.12. The van der Waals surface area contributed by atoms with Crippen LogP contribution in [0.25, 0.3) is 0 Å². The van der Waals surface area contributed by atoms with Crippen LogP contribution in [-0.4, -0.2) is 27.7 Å². The van der Waals surface area contributed by atoms with E-state index in [4.69, 9.17) is 33.0 Å². The van der Waals surface area contributed by atoms with Gasteiger partial charge in [-0.1, -0.05) is 35.0 Å². The summed E-state index contributed by atoms with van der Waals surface area (Å²) in [5.74, 6) is 3.79. The van der Waals surface area contributed by atoms with Crippen LogP contribution in [0.5, 0.6) is 11.5 Å².